The highest BCUT2D eigenvalue weighted by Crippen LogP contribution is 2.34. The first-order chi connectivity index (χ1) is 16.3. The van der Waals surface area contributed by atoms with Gasteiger partial charge in [-0.05, 0) is 42.8 Å². The van der Waals surface area contributed by atoms with Crippen molar-refractivity contribution in [1.29, 1.82) is 0 Å². The number of hydrogen-bond donors (Lipinski definition) is 2. The molecule has 2 aliphatic rings. The van der Waals surface area contributed by atoms with E-state index < -0.39 is 12.0 Å². The fourth-order valence-electron chi connectivity index (χ4n) is 4.51. The summed E-state index contributed by atoms with van der Waals surface area (Å²) in [7, 11) is 0. The van der Waals surface area contributed by atoms with Crippen molar-refractivity contribution in [2.45, 2.75) is 30.8 Å². The van der Waals surface area contributed by atoms with Crippen molar-refractivity contribution in [2.75, 3.05) is 49.6 Å². The van der Waals surface area contributed by atoms with Crippen molar-refractivity contribution in [3.63, 3.8) is 0 Å². The minimum Gasteiger partial charge on any atom is -0.406 e. The standard InChI is InChI=1S/C23H27F3N4O4/c24-23(25,26)34-19-6-4-17(5-7-19)29-10-8-22(15-29)16-30(11-12-33-22)18(14-31)13-21(32)28-20-3-1-2-9-27-20/h1-7,9,18,31H,8,10-16H2,(H,27,28,32). The molecule has 3 heterocycles. The first kappa shape index (κ1) is 24.2. The molecule has 1 aromatic carbocycles. The van der Waals surface area contributed by atoms with E-state index in [2.05, 4.69) is 24.8 Å². The molecule has 1 aromatic heterocycles. The van der Waals surface area contributed by atoms with Crippen LogP contribution in [-0.2, 0) is 9.53 Å². The van der Waals surface area contributed by atoms with Gasteiger partial charge in [0, 0.05) is 50.5 Å². The van der Waals surface area contributed by atoms with Gasteiger partial charge in [-0.1, -0.05) is 6.07 Å². The van der Waals surface area contributed by atoms with Gasteiger partial charge in [-0.2, -0.15) is 0 Å². The SMILES string of the molecule is O=C(CC(CO)N1CCOC2(CCN(c3ccc(OC(F)(F)F)cc3)C2)C1)Nc1ccccn1. The van der Waals surface area contributed by atoms with Gasteiger partial charge in [-0.25, -0.2) is 4.98 Å². The average Bonchev–Trinajstić information content (AvgIpc) is 3.20. The molecule has 8 nitrogen and oxygen atoms in total. The molecule has 1 amide bonds. The van der Waals surface area contributed by atoms with E-state index in [-0.39, 0.29) is 30.7 Å². The molecular formula is C23H27F3N4O4. The molecule has 0 aliphatic carbocycles. The van der Waals surface area contributed by atoms with E-state index in [0.717, 1.165) is 12.1 Å². The van der Waals surface area contributed by atoms with Gasteiger partial charge in [-0.3, -0.25) is 9.69 Å². The van der Waals surface area contributed by atoms with Crippen LogP contribution in [0.4, 0.5) is 24.7 Å². The average molecular weight is 480 g/mol. The number of aliphatic hydroxyl groups excluding tert-OH is 1. The second-order valence-corrected chi connectivity index (χ2v) is 8.52. The molecule has 11 heteroatoms. The van der Waals surface area contributed by atoms with Gasteiger partial charge in [0.1, 0.15) is 11.6 Å². The number of ether oxygens (including phenoxy) is 2. The van der Waals surface area contributed by atoms with E-state index in [1.165, 1.54) is 12.1 Å². The molecule has 0 bridgehead atoms. The molecular weight excluding hydrogens is 453 g/mol. The summed E-state index contributed by atoms with van der Waals surface area (Å²) < 4.78 is 47.3. The highest BCUT2D eigenvalue weighted by Gasteiger charge is 2.44. The largest absolute Gasteiger partial charge is 0.573 e. The summed E-state index contributed by atoms with van der Waals surface area (Å²) in [6.45, 7) is 2.66. The summed E-state index contributed by atoms with van der Waals surface area (Å²) in [6.07, 6.45) is -2.29. The third-order valence-electron chi connectivity index (χ3n) is 6.11. The van der Waals surface area contributed by atoms with Crippen LogP contribution in [-0.4, -0.2) is 78.3 Å². The highest BCUT2D eigenvalue weighted by atomic mass is 19.4. The zero-order valence-corrected chi connectivity index (χ0v) is 18.5. The van der Waals surface area contributed by atoms with Crippen LogP contribution >= 0.6 is 0 Å². The van der Waals surface area contributed by atoms with E-state index in [0.29, 0.717) is 38.6 Å². The van der Waals surface area contributed by atoms with Gasteiger partial charge >= 0.3 is 6.36 Å². The van der Waals surface area contributed by atoms with Crippen LogP contribution in [0, 0.1) is 0 Å². The van der Waals surface area contributed by atoms with E-state index in [1.807, 2.05) is 0 Å². The summed E-state index contributed by atoms with van der Waals surface area (Å²) in [5, 5.41) is 12.7. The van der Waals surface area contributed by atoms with Crippen LogP contribution in [0.15, 0.2) is 48.7 Å². The van der Waals surface area contributed by atoms with Gasteiger partial charge in [0.15, 0.2) is 0 Å². The number of morpholine rings is 1. The molecule has 2 aliphatic heterocycles. The molecule has 34 heavy (non-hydrogen) atoms. The van der Waals surface area contributed by atoms with Crippen molar-refractivity contribution in [1.82, 2.24) is 9.88 Å². The van der Waals surface area contributed by atoms with Crippen molar-refractivity contribution in [3.8, 4) is 5.75 Å². The number of amides is 1. The summed E-state index contributed by atoms with van der Waals surface area (Å²) >= 11 is 0. The van der Waals surface area contributed by atoms with Crippen LogP contribution in [0.5, 0.6) is 5.75 Å². The summed E-state index contributed by atoms with van der Waals surface area (Å²) in [5.74, 6) is -0.0340. The Hall–Kier alpha value is -2.89. The molecule has 2 atom stereocenters. The number of aromatic nitrogens is 1. The van der Waals surface area contributed by atoms with Crippen LogP contribution in [0.1, 0.15) is 12.8 Å². The molecule has 2 fully saturated rings. The number of nitrogens with zero attached hydrogens (tertiary/aromatic N) is 3. The van der Waals surface area contributed by atoms with Gasteiger partial charge in [0.2, 0.25) is 5.91 Å². The van der Waals surface area contributed by atoms with Gasteiger partial charge in [0.05, 0.1) is 18.8 Å². The zero-order chi connectivity index (χ0) is 24.2. The maximum absolute atomic E-state index is 12.5. The number of carbonyl (C=O) groups excluding carboxylic acids is 1. The van der Waals surface area contributed by atoms with Crippen LogP contribution in [0.3, 0.4) is 0 Å². The predicted molar refractivity (Wildman–Crippen MR) is 119 cm³/mol. The predicted octanol–water partition coefficient (Wildman–Crippen LogP) is 2.65. The molecule has 184 valence electrons. The van der Waals surface area contributed by atoms with Gasteiger partial charge < -0.3 is 24.8 Å². The number of pyridine rings is 1. The van der Waals surface area contributed by atoms with Gasteiger partial charge in [-0.15, -0.1) is 13.2 Å². The lowest BCUT2D eigenvalue weighted by molar-refractivity contribution is -0.274. The monoisotopic (exact) mass is 480 g/mol. The van der Waals surface area contributed by atoms with Crippen LogP contribution in [0.25, 0.3) is 0 Å². The Kier molecular flexibility index (Phi) is 7.24. The second kappa shape index (κ2) is 10.2. The van der Waals surface area contributed by atoms with Crippen molar-refractivity contribution < 1.29 is 32.5 Å². The Morgan fingerprint density at radius 2 is 2.00 bits per heavy atom. The Morgan fingerprint density at radius 1 is 1.21 bits per heavy atom. The number of hydrogen-bond acceptors (Lipinski definition) is 7. The third-order valence-corrected chi connectivity index (χ3v) is 6.11. The molecule has 2 aromatic rings. The van der Waals surface area contributed by atoms with Crippen molar-refractivity contribution in [3.05, 3.63) is 48.7 Å². The molecule has 1 spiro atoms. The fourth-order valence-corrected chi connectivity index (χ4v) is 4.51. The number of halogens is 3. The number of nitrogens with one attached hydrogen (secondary N) is 1. The molecule has 0 radical (unpaired) electrons. The first-order valence-corrected chi connectivity index (χ1v) is 11.1. The summed E-state index contributed by atoms with van der Waals surface area (Å²) in [4.78, 5) is 20.7. The quantitative estimate of drug-likeness (QED) is 0.630. The Bertz CT molecular complexity index is 961. The van der Waals surface area contributed by atoms with Crippen LogP contribution < -0.4 is 15.0 Å². The Labute approximate surface area is 195 Å². The van der Waals surface area contributed by atoms with E-state index in [1.54, 1.807) is 36.5 Å². The smallest absolute Gasteiger partial charge is 0.406 e. The second-order valence-electron chi connectivity index (χ2n) is 8.52. The number of alkyl halides is 3. The number of benzene rings is 1. The Balaban J connectivity index is 1.35. The summed E-state index contributed by atoms with van der Waals surface area (Å²) in [6, 6.07) is 10.7. The molecule has 0 saturated carbocycles. The lowest BCUT2D eigenvalue weighted by Gasteiger charge is -2.43. The van der Waals surface area contributed by atoms with Crippen LogP contribution in [0.2, 0.25) is 0 Å². The maximum atomic E-state index is 12.5. The number of aliphatic hydroxyl groups is 1. The van der Waals surface area contributed by atoms with Crippen molar-refractivity contribution in [2.24, 2.45) is 0 Å². The van der Waals surface area contributed by atoms with E-state index in [4.69, 9.17) is 4.74 Å². The third kappa shape index (κ3) is 6.16. The topological polar surface area (TPSA) is 87.2 Å². The molecule has 2 unspecified atom stereocenters. The maximum Gasteiger partial charge on any atom is 0.573 e. The minimum absolute atomic E-state index is 0.119. The lowest BCUT2D eigenvalue weighted by Crippen LogP contribution is -2.57. The number of rotatable bonds is 7. The minimum atomic E-state index is -4.73. The van der Waals surface area contributed by atoms with E-state index >= 15 is 0 Å². The number of carbonyl (C=O) groups is 1. The molecule has 2 saturated heterocycles. The summed E-state index contributed by atoms with van der Waals surface area (Å²) in [5.41, 5.74) is 0.296. The normalized spacial score (nSPS) is 22.1. The Morgan fingerprint density at radius 3 is 2.68 bits per heavy atom. The van der Waals surface area contributed by atoms with Crippen molar-refractivity contribution >= 4 is 17.4 Å². The lowest BCUT2D eigenvalue weighted by atomic mass is 9.98. The zero-order valence-electron chi connectivity index (χ0n) is 18.5. The first-order valence-electron chi connectivity index (χ1n) is 11.1. The number of anilines is 2. The highest BCUT2D eigenvalue weighted by molar-refractivity contribution is 5.90. The van der Waals surface area contributed by atoms with Gasteiger partial charge in [0.25, 0.3) is 0 Å². The van der Waals surface area contributed by atoms with E-state index in [9.17, 15) is 23.1 Å². The molecule has 4 rings (SSSR count). The molecule has 2 N–H and O–H groups in total. The fraction of sp³-hybridized carbons (Fsp3) is 0.478.